The van der Waals surface area contributed by atoms with Crippen molar-refractivity contribution in [3.05, 3.63) is 95.1 Å². The zero-order valence-corrected chi connectivity index (χ0v) is 18.9. The van der Waals surface area contributed by atoms with Crippen LogP contribution in [-0.2, 0) is 19.1 Å². The zero-order valence-electron chi connectivity index (χ0n) is 17.2. The van der Waals surface area contributed by atoms with Crippen LogP contribution in [0.5, 0.6) is 0 Å². The van der Waals surface area contributed by atoms with Crippen LogP contribution in [0.4, 0.5) is 0 Å². The van der Waals surface area contributed by atoms with Crippen LogP contribution in [0.15, 0.2) is 87.7 Å². The van der Waals surface area contributed by atoms with Crippen LogP contribution in [-0.4, -0.2) is 26.5 Å². The highest BCUT2D eigenvalue weighted by Crippen LogP contribution is 2.26. The maximum Gasteiger partial charge on any atom is 0.358 e. The fraction of sp³-hybridized carbons (Fsp3) is 0.130. The minimum absolute atomic E-state index is 0.0163. The Morgan fingerprint density at radius 1 is 0.806 bits per heavy atom. The molecule has 0 radical (unpaired) electrons. The van der Waals surface area contributed by atoms with E-state index in [9.17, 15) is 13.2 Å². The fourth-order valence-corrected chi connectivity index (χ4v) is 4.15. The standard InChI is InChI=1S/C23H21NO5S2/c1-16-4-12-20(13-5-16)30-22(18-8-10-19(11-9-18)23(25)28-3)24-29-31(26,27)21-14-6-17(2)7-15-21/h4-15H,1-3H3/b24-22-. The Morgan fingerprint density at radius 3 is 1.87 bits per heavy atom. The summed E-state index contributed by atoms with van der Waals surface area (Å²) < 4.78 is 34.8. The van der Waals surface area contributed by atoms with E-state index in [4.69, 9.17) is 9.02 Å². The molecule has 0 saturated heterocycles. The number of thioether (sulfide) groups is 1. The van der Waals surface area contributed by atoms with Gasteiger partial charge in [0.2, 0.25) is 0 Å². The summed E-state index contributed by atoms with van der Waals surface area (Å²) in [6, 6.07) is 20.5. The second kappa shape index (κ2) is 9.80. The third-order valence-electron chi connectivity index (χ3n) is 4.32. The van der Waals surface area contributed by atoms with Gasteiger partial charge in [0.15, 0.2) is 0 Å². The third kappa shape index (κ3) is 5.96. The summed E-state index contributed by atoms with van der Waals surface area (Å²) in [5, 5.41) is 4.28. The maximum atomic E-state index is 12.6. The molecule has 0 heterocycles. The number of carbonyl (C=O) groups is 1. The van der Waals surface area contributed by atoms with Crippen molar-refractivity contribution in [1.82, 2.24) is 0 Å². The van der Waals surface area contributed by atoms with Crippen LogP contribution >= 0.6 is 11.8 Å². The number of nitrogens with zero attached hydrogens (tertiary/aromatic N) is 1. The van der Waals surface area contributed by atoms with Crippen molar-refractivity contribution in [1.29, 1.82) is 0 Å². The molecule has 0 atom stereocenters. The first-order chi connectivity index (χ1) is 14.8. The molecule has 8 heteroatoms. The van der Waals surface area contributed by atoms with E-state index in [1.54, 1.807) is 36.4 Å². The molecule has 0 unspecified atom stereocenters. The van der Waals surface area contributed by atoms with E-state index < -0.39 is 16.1 Å². The number of oxime groups is 1. The average Bonchev–Trinajstić information content (AvgIpc) is 2.78. The van der Waals surface area contributed by atoms with Crippen molar-refractivity contribution in [2.24, 2.45) is 5.16 Å². The molecule has 3 aromatic carbocycles. The van der Waals surface area contributed by atoms with Gasteiger partial charge in [0.25, 0.3) is 0 Å². The van der Waals surface area contributed by atoms with Gasteiger partial charge < -0.3 is 4.74 Å². The summed E-state index contributed by atoms with van der Waals surface area (Å²) in [7, 11) is -2.77. The number of rotatable bonds is 6. The number of methoxy groups -OCH3 is 1. The first-order valence-electron chi connectivity index (χ1n) is 9.30. The van der Waals surface area contributed by atoms with Gasteiger partial charge in [0.1, 0.15) is 9.94 Å². The summed E-state index contributed by atoms with van der Waals surface area (Å²) in [5.74, 6) is -0.463. The van der Waals surface area contributed by atoms with E-state index in [1.165, 1.54) is 31.0 Å². The summed E-state index contributed by atoms with van der Waals surface area (Å²) in [4.78, 5) is 12.6. The molecule has 6 nitrogen and oxygen atoms in total. The van der Waals surface area contributed by atoms with Gasteiger partial charge in [-0.3, -0.25) is 4.28 Å². The Balaban J connectivity index is 1.93. The van der Waals surface area contributed by atoms with Crippen molar-refractivity contribution < 1.29 is 22.2 Å². The molecule has 0 amide bonds. The Bertz CT molecular complexity index is 1180. The normalized spacial score (nSPS) is 11.8. The Kier molecular flexibility index (Phi) is 7.14. The van der Waals surface area contributed by atoms with E-state index in [-0.39, 0.29) is 4.90 Å². The van der Waals surface area contributed by atoms with E-state index in [0.717, 1.165) is 16.0 Å². The first kappa shape index (κ1) is 22.6. The number of esters is 1. The molecule has 160 valence electrons. The van der Waals surface area contributed by atoms with Gasteiger partial charge in [-0.15, -0.1) is 0 Å². The van der Waals surface area contributed by atoms with Gasteiger partial charge in [-0.25, -0.2) is 4.79 Å². The zero-order chi connectivity index (χ0) is 22.4. The summed E-state index contributed by atoms with van der Waals surface area (Å²) in [5.41, 5.74) is 3.00. The molecule has 0 spiro atoms. The van der Waals surface area contributed by atoms with Crippen LogP contribution in [0.2, 0.25) is 0 Å². The summed E-state index contributed by atoms with van der Waals surface area (Å²) in [6.07, 6.45) is 0. The number of ether oxygens (including phenoxy) is 1. The number of benzene rings is 3. The predicted octanol–water partition coefficient (Wildman–Crippen LogP) is 4.95. The number of aryl methyl sites for hydroxylation is 2. The number of hydrogen-bond donors (Lipinski definition) is 0. The number of carbonyl (C=O) groups excluding carboxylic acids is 1. The largest absolute Gasteiger partial charge is 0.465 e. The Morgan fingerprint density at radius 2 is 1.32 bits per heavy atom. The molecular weight excluding hydrogens is 434 g/mol. The van der Waals surface area contributed by atoms with Gasteiger partial charge in [0.05, 0.1) is 12.7 Å². The summed E-state index contributed by atoms with van der Waals surface area (Å²) >= 11 is 1.25. The van der Waals surface area contributed by atoms with E-state index >= 15 is 0 Å². The lowest BCUT2D eigenvalue weighted by Crippen LogP contribution is -2.06. The van der Waals surface area contributed by atoms with Crippen LogP contribution in [0.1, 0.15) is 27.0 Å². The smallest absolute Gasteiger partial charge is 0.358 e. The summed E-state index contributed by atoms with van der Waals surface area (Å²) in [6.45, 7) is 3.84. The minimum atomic E-state index is -4.08. The topological polar surface area (TPSA) is 82.0 Å². The van der Waals surface area contributed by atoms with Crippen molar-refractivity contribution in [2.45, 2.75) is 23.6 Å². The quantitative estimate of drug-likeness (QED) is 0.172. The predicted molar refractivity (Wildman–Crippen MR) is 121 cm³/mol. The molecule has 0 N–H and O–H groups in total. The lowest BCUT2D eigenvalue weighted by Gasteiger charge is -2.08. The molecule has 0 bridgehead atoms. The van der Waals surface area contributed by atoms with Crippen molar-refractivity contribution in [2.75, 3.05) is 7.11 Å². The Hall–Kier alpha value is -3.10. The highest BCUT2D eigenvalue weighted by atomic mass is 32.2. The maximum absolute atomic E-state index is 12.6. The second-order valence-corrected chi connectivity index (χ2v) is 9.31. The second-order valence-electron chi connectivity index (χ2n) is 6.72. The van der Waals surface area contributed by atoms with Crippen LogP contribution < -0.4 is 0 Å². The van der Waals surface area contributed by atoms with Gasteiger partial charge in [0, 0.05) is 10.5 Å². The molecule has 0 fully saturated rings. The molecule has 0 aliphatic rings. The third-order valence-corrected chi connectivity index (χ3v) is 6.45. The van der Waals surface area contributed by atoms with E-state index in [0.29, 0.717) is 16.2 Å². The first-order valence-corrected chi connectivity index (χ1v) is 11.5. The highest BCUT2D eigenvalue weighted by Gasteiger charge is 2.17. The SMILES string of the molecule is COC(=O)c1ccc(/C(=N/OS(=O)(=O)c2ccc(C)cc2)Sc2ccc(C)cc2)cc1. The molecule has 3 aromatic rings. The fourth-order valence-electron chi connectivity index (χ4n) is 2.55. The molecule has 31 heavy (non-hydrogen) atoms. The monoisotopic (exact) mass is 455 g/mol. The van der Waals surface area contributed by atoms with Crippen molar-refractivity contribution in [3.8, 4) is 0 Å². The molecule has 0 aromatic heterocycles. The molecule has 0 saturated carbocycles. The molecule has 0 aliphatic carbocycles. The molecular formula is C23H21NO5S2. The minimum Gasteiger partial charge on any atom is -0.465 e. The highest BCUT2D eigenvalue weighted by molar-refractivity contribution is 8.14. The average molecular weight is 456 g/mol. The van der Waals surface area contributed by atoms with Crippen LogP contribution in [0.3, 0.4) is 0 Å². The Labute approximate surface area is 186 Å². The lowest BCUT2D eigenvalue weighted by molar-refractivity contribution is 0.0600. The molecule has 3 rings (SSSR count). The number of hydrogen-bond acceptors (Lipinski definition) is 7. The van der Waals surface area contributed by atoms with Gasteiger partial charge >= 0.3 is 16.1 Å². The van der Waals surface area contributed by atoms with E-state index in [2.05, 4.69) is 5.16 Å². The molecule has 0 aliphatic heterocycles. The van der Waals surface area contributed by atoms with E-state index in [1.807, 2.05) is 38.1 Å². The van der Waals surface area contributed by atoms with Crippen molar-refractivity contribution >= 4 is 32.9 Å². The lowest BCUT2D eigenvalue weighted by atomic mass is 10.1. The van der Waals surface area contributed by atoms with Crippen LogP contribution in [0, 0.1) is 13.8 Å². The van der Waals surface area contributed by atoms with Gasteiger partial charge in [-0.05, 0) is 50.2 Å². The van der Waals surface area contributed by atoms with Crippen molar-refractivity contribution in [3.63, 3.8) is 0 Å². The van der Waals surface area contributed by atoms with Crippen LogP contribution in [0.25, 0.3) is 0 Å². The van der Waals surface area contributed by atoms with Gasteiger partial charge in [-0.1, -0.05) is 64.4 Å². The van der Waals surface area contributed by atoms with Gasteiger partial charge in [-0.2, -0.15) is 8.42 Å².